The van der Waals surface area contributed by atoms with Crippen LogP contribution in [0.5, 0.6) is 0 Å². The number of ether oxygens (including phenoxy) is 1. The van der Waals surface area contributed by atoms with E-state index in [9.17, 15) is 4.79 Å². The highest BCUT2D eigenvalue weighted by atomic mass is 32.2. The Kier molecular flexibility index (Phi) is 5.51. The van der Waals surface area contributed by atoms with Gasteiger partial charge in [-0.3, -0.25) is 0 Å². The van der Waals surface area contributed by atoms with Crippen LogP contribution in [0.4, 0.5) is 5.95 Å². The Hall–Kier alpha value is -4.03. The van der Waals surface area contributed by atoms with Gasteiger partial charge in [-0.05, 0) is 16.5 Å². The van der Waals surface area contributed by atoms with E-state index in [1.165, 1.54) is 30.2 Å². The zero-order valence-corrected chi connectivity index (χ0v) is 20.0. The van der Waals surface area contributed by atoms with Gasteiger partial charge in [-0.25, -0.2) is 4.79 Å². The summed E-state index contributed by atoms with van der Waals surface area (Å²) in [7, 11) is 1.37. The highest BCUT2D eigenvalue weighted by molar-refractivity contribution is 8.01. The van der Waals surface area contributed by atoms with Crippen molar-refractivity contribution < 1.29 is 9.53 Å². The molecule has 6 rings (SSSR count). The zero-order chi connectivity index (χ0) is 23.8. The number of carbonyl (C=O) groups is 1. The quantitative estimate of drug-likeness (QED) is 0.263. The number of benzene rings is 2. The number of aromatic amines is 1. The molecule has 0 saturated heterocycles. The van der Waals surface area contributed by atoms with Gasteiger partial charge < -0.3 is 15.0 Å². The van der Waals surface area contributed by atoms with Crippen LogP contribution in [0.3, 0.4) is 0 Å². The fourth-order valence-corrected chi connectivity index (χ4v) is 5.93. The summed E-state index contributed by atoms with van der Waals surface area (Å²) in [5.41, 5.74) is 3.95. The minimum Gasteiger partial charge on any atom is -0.466 e. The normalized spacial score (nSPS) is 15.2. The number of carbonyl (C=O) groups excluding carboxylic acids is 1. The number of rotatable bonds is 6. The number of anilines is 1. The summed E-state index contributed by atoms with van der Waals surface area (Å²) in [4.78, 5) is 16.4. The lowest BCUT2D eigenvalue weighted by Crippen LogP contribution is -2.30. The lowest BCUT2D eigenvalue weighted by Gasteiger charge is -2.27. The predicted octanol–water partition coefficient (Wildman–Crippen LogP) is 3.91. The van der Waals surface area contributed by atoms with Gasteiger partial charge in [-0.15, -0.1) is 10.2 Å². The Morgan fingerprint density at radius 2 is 1.94 bits per heavy atom. The van der Waals surface area contributed by atoms with Gasteiger partial charge >= 0.3 is 5.97 Å². The summed E-state index contributed by atoms with van der Waals surface area (Å²) < 4.78 is 7.60. The number of nitrogens with one attached hydrogen (secondary N) is 2. The van der Waals surface area contributed by atoms with Crippen molar-refractivity contribution in [3.63, 3.8) is 0 Å². The van der Waals surface area contributed by atoms with Crippen LogP contribution in [0.15, 0.2) is 76.4 Å². The number of nitrogens with zero attached hydrogens (tertiary/aromatic N) is 6. The molecule has 0 radical (unpaired) electrons. The van der Waals surface area contributed by atoms with Gasteiger partial charge in [0, 0.05) is 39.7 Å². The monoisotopic (exact) mass is 502 g/mol. The third-order valence-corrected chi connectivity index (χ3v) is 7.82. The van der Waals surface area contributed by atoms with Crippen molar-refractivity contribution in [2.24, 2.45) is 0 Å². The Labute approximate surface area is 207 Å². The van der Waals surface area contributed by atoms with E-state index < -0.39 is 12.0 Å². The van der Waals surface area contributed by atoms with Gasteiger partial charge in [0.1, 0.15) is 11.0 Å². The Balaban J connectivity index is 1.38. The van der Waals surface area contributed by atoms with Crippen LogP contribution in [-0.4, -0.2) is 54.2 Å². The minimum atomic E-state index is -0.560. The van der Waals surface area contributed by atoms with E-state index in [1.807, 2.05) is 60.8 Å². The SMILES string of the molecule is COC(=O)C1=C(CSc2nnc(-c3ccccc3)s2)Nc2nnnn2C1c1c[nH]c2ccccc12. The molecule has 1 atom stereocenters. The molecule has 2 aromatic carbocycles. The van der Waals surface area contributed by atoms with Crippen LogP contribution < -0.4 is 5.32 Å². The first-order chi connectivity index (χ1) is 17.2. The van der Waals surface area contributed by atoms with Gasteiger partial charge in [-0.2, -0.15) is 4.68 Å². The summed E-state index contributed by atoms with van der Waals surface area (Å²) in [6.07, 6.45) is 1.89. The number of fused-ring (bicyclic) bond motifs is 2. The first kappa shape index (κ1) is 21.5. The maximum Gasteiger partial charge on any atom is 0.338 e. The highest BCUT2D eigenvalue weighted by Gasteiger charge is 2.37. The van der Waals surface area contributed by atoms with E-state index in [0.717, 1.165) is 31.4 Å². The van der Waals surface area contributed by atoms with Gasteiger partial charge in [0.25, 0.3) is 0 Å². The average molecular weight is 503 g/mol. The topological polar surface area (TPSA) is 124 Å². The zero-order valence-electron chi connectivity index (χ0n) is 18.4. The Bertz CT molecular complexity index is 1560. The second-order valence-corrected chi connectivity index (χ2v) is 9.88. The largest absolute Gasteiger partial charge is 0.466 e. The molecule has 0 spiro atoms. The molecule has 3 aromatic heterocycles. The first-order valence-corrected chi connectivity index (χ1v) is 12.5. The molecule has 0 amide bonds. The minimum absolute atomic E-state index is 0.430. The molecule has 0 bridgehead atoms. The van der Waals surface area contributed by atoms with E-state index >= 15 is 0 Å². The molecule has 1 unspecified atom stereocenters. The van der Waals surface area contributed by atoms with Crippen LogP contribution in [0.2, 0.25) is 0 Å². The molecule has 1 aliphatic rings. The molecule has 0 fully saturated rings. The van der Waals surface area contributed by atoms with Crippen LogP contribution in [-0.2, 0) is 9.53 Å². The van der Waals surface area contributed by atoms with Crippen molar-refractivity contribution >= 4 is 45.9 Å². The molecule has 12 heteroatoms. The number of para-hydroxylation sites is 1. The van der Waals surface area contributed by atoms with Crippen molar-refractivity contribution in [2.45, 2.75) is 10.4 Å². The molecule has 35 heavy (non-hydrogen) atoms. The molecule has 1 aliphatic heterocycles. The van der Waals surface area contributed by atoms with E-state index in [0.29, 0.717) is 23.0 Å². The number of thioether (sulfide) groups is 1. The number of esters is 1. The second-order valence-electron chi connectivity index (χ2n) is 7.68. The molecule has 0 aliphatic carbocycles. The highest BCUT2D eigenvalue weighted by Crippen LogP contribution is 2.40. The summed E-state index contributed by atoms with van der Waals surface area (Å²) in [5.74, 6) is 0.428. The first-order valence-electron chi connectivity index (χ1n) is 10.7. The smallest absolute Gasteiger partial charge is 0.338 e. The second kappa shape index (κ2) is 8.96. The van der Waals surface area contributed by atoms with Gasteiger partial charge in [0.05, 0.1) is 12.7 Å². The summed E-state index contributed by atoms with van der Waals surface area (Å²) in [5, 5.41) is 25.8. The summed E-state index contributed by atoms with van der Waals surface area (Å²) in [6.45, 7) is 0. The molecule has 4 heterocycles. The van der Waals surface area contributed by atoms with E-state index in [1.54, 1.807) is 4.68 Å². The van der Waals surface area contributed by atoms with E-state index in [4.69, 9.17) is 4.74 Å². The van der Waals surface area contributed by atoms with Crippen LogP contribution >= 0.6 is 23.1 Å². The molecular weight excluding hydrogens is 484 g/mol. The van der Waals surface area contributed by atoms with E-state index in [-0.39, 0.29) is 0 Å². The summed E-state index contributed by atoms with van der Waals surface area (Å²) >= 11 is 2.99. The number of tetrazole rings is 1. The van der Waals surface area contributed by atoms with Crippen molar-refractivity contribution in [3.05, 3.63) is 77.6 Å². The lowest BCUT2D eigenvalue weighted by atomic mass is 9.95. The predicted molar refractivity (Wildman–Crippen MR) is 133 cm³/mol. The van der Waals surface area contributed by atoms with Gasteiger partial charge in [0.2, 0.25) is 5.95 Å². The van der Waals surface area contributed by atoms with Crippen molar-refractivity contribution in [1.29, 1.82) is 0 Å². The molecule has 10 nitrogen and oxygen atoms in total. The van der Waals surface area contributed by atoms with Gasteiger partial charge in [-0.1, -0.05) is 76.7 Å². The number of hydrogen-bond acceptors (Lipinski definition) is 10. The molecule has 0 saturated carbocycles. The fraction of sp³-hybridized carbons (Fsp3) is 0.130. The number of aromatic nitrogens is 7. The lowest BCUT2D eigenvalue weighted by molar-refractivity contribution is -0.136. The molecular formula is C23H18N8O2S2. The van der Waals surface area contributed by atoms with Gasteiger partial charge in [0.15, 0.2) is 4.34 Å². The van der Waals surface area contributed by atoms with Crippen molar-refractivity contribution in [3.8, 4) is 10.6 Å². The Morgan fingerprint density at radius 3 is 2.80 bits per heavy atom. The summed E-state index contributed by atoms with van der Waals surface area (Å²) in [6, 6.07) is 17.2. The average Bonchev–Trinajstić information content (AvgIpc) is 3.66. The number of hydrogen-bond donors (Lipinski definition) is 2. The molecule has 174 valence electrons. The van der Waals surface area contributed by atoms with Crippen LogP contribution in [0.25, 0.3) is 21.5 Å². The Morgan fingerprint density at radius 1 is 1.11 bits per heavy atom. The molecule has 2 N–H and O–H groups in total. The number of H-pyrrole nitrogens is 1. The molecule has 5 aromatic rings. The standard InChI is InChI=1S/C23H18N8O2S2/c1-33-21(32)18-17(12-34-23-28-26-20(35-23)13-7-3-2-4-8-13)25-22-27-29-30-31(22)19(18)15-11-24-16-10-6-5-9-14(15)16/h2-11,19,24H,12H2,1H3,(H,25,27,30). The van der Waals surface area contributed by atoms with E-state index in [2.05, 4.69) is 36.0 Å². The number of methoxy groups -OCH3 is 1. The maximum atomic E-state index is 13.1. The fourth-order valence-electron chi connectivity index (χ4n) is 4.10. The third-order valence-electron chi connectivity index (χ3n) is 5.69. The van der Waals surface area contributed by atoms with Crippen molar-refractivity contribution in [1.82, 2.24) is 35.4 Å². The third kappa shape index (κ3) is 3.86. The van der Waals surface area contributed by atoms with Crippen LogP contribution in [0.1, 0.15) is 11.6 Å². The van der Waals surface area contributed by atoms with Crippen LogP contribution in [0, 0.1) is 0 Å². The van der Waals surface area contributed by atoms with Crippen molar-refractivity contribution in [2.75, 3.05) is 18.2 Å². The maximum absolute atomic E-state index is 13.1.